The molecule has 0 N–H and O–H groups in total. The van der Waals surface area contributed by atoms with Crippen molar-refractivity contribution >= 4 is 13.3 Å². The lowest BCUT2D eigenvalue weighted by atomic mass is 9.90. The molecule has 0 amide bonds. The molecule has 4 heteroatoms. The largest absolute Gasteiger partial charge is 0.256 e. The van der Waals surface area contributed by atoms with Crippen LogP contribution in [-0.2, 0) is 0 Å². The quantitative estimate of drug-likeness (QED) is 0.642. The van der Waals surface area contributed by atoms with E-state index in [0.717, 1.165) is 16.9 Å². The second-order valence-corrected chi connectivity index (χ2v) is 4.61. The number of pyridine rings is 1. The van der Waals surface area contributed by atoms with E-state index in [2.05, 4.69) is 43.1 Å². The summed E-state index contributed by atoms with van der Waals surface area (Å²) < 4.78 is 1.91. The maximum atomic E-state index is 4.44. The van der Waals surface area contributed by atoms with Crippen molar-refractivity contribution in [1.29, 1.82) is 0 Å². The van der Waals surface area contributed by atoms with Gasteiger partial charge in [0.2, 0.25) is 0 Å². The van der Waals surface area contributed by atoms with Gasteiger partial charge in [0.25, 0.3) is 0 Å². The molecule has 0 radical (unpaired) electrons. The highest BCUT2D eigenvalue weighted by Crippen LogP contribution is 2.18. The fraction of sp³-hybridized carbons (Fsp3) is 0.0667. The highest BCUT2D eigenvalue weighted by Gasteiger charge is 2.06. The first-order valence-corrected chi connectivity index (χ1v) is 6.28. The average molecular weight is 247 g/mol. The van der Waals surface area contributed by atoms with Gasteiger partial charge in [-0.05, 0) is 30.7 Å². The fourth-order valence-electron chi connectivity index (χ4n) is 2.10. The van der Waals surface area contributed by atoms with Crippen molar-refractivity contribution in [2.45, 2.75) is 6.92 Å². The molecule has 0 bridgehead atoms. The normalized spacial score (nSPS) is 10.6. The number of rotatable bonds is 2. The zero-order chi connectivity index (χ0) is 13.2. The Kier molecular flexibility index (Phi) is 2.92. The summed E-state index contributed by atoms with van der Waals surface area (Å²) in [7, 11) is 2.11. The molecule has 0 fully saturated rings. The molecule has 1 aromatic carbocycles. The Morgan fingerprint density at radius 1 is 1.11 bits per heavy atom. The SMILES string of the molecule is Bc1cccc(-n2cc(-c3ccccn3)cn2)c1C. The summed E-state index contributed by atoms with van der Waals surface area (Å²) >= 11 is 0. The van der Waals surface area contributed by atoms with Crippen molar-refractivity contribution in [3.63, 3.8) is 0 Å². The standard InChI is InChI=1S/C15H14BN3/c1-11-13(16)5-4-7-15(11)19-10-12(9-18-19)14-6-2-3-8-17-14/h2-10H,16H2,1H3. The number of nitrogens with zero attached hydrogens (tertiary/aromatic N) is 3. The first-order chi connectivity index (χ1) is 9.25. The average Bonchev–Trinajstić information content (AvgIpc) is 2.92. The minimum absolute atomic E-state index is 0.944. The number of benzene rings is 1. The van der Waals surface area contributed by atoms with E-state index in [0.29, 0.717) is 0 Å². The molecule has 3 rings (SSSR count). The van der Waals surface area contributed by atoms with Crippen LogP contribution >= 0.6 is 0 Å². The third-order valence-corrected chi connectivity index (χ3v) is 3.37. The van der Waals surface area contributed by atoms with Crippen molar-refractivity contribution in [3.05, 3.63) is 60.6 Å². The highest BCUT2D eigenvalue weighted by atomic mass is 15.3. The molecule has 0 aliphatic carbocycles. The van der Waals surface area contributed by atoms with Gasteiger partial charge in [0.1, 0.15) is 7.85 Å². The molecule has 0 saturated carbocycles. The Morgan fingerprint density at radius 3 is 2.79 bits per heavy atom. The van der Waals surface area contributed by atoms with Crippen LogP contribution in [0.2, 0.25) is 0 Å². The fourth-order valence-corrected chi connectivity index (χ4v) is 2.10. The molecule has 19 heavy (non-hydrogen) atoms. The minimum Gasteiger partial charge on any atom is -0.256 e. The minimum atomic E-state index is 0.944. The Bertz CT molecular complexity index is 704. The lowest BCUT2D eigenvalue weighted by molar-refractivity contribution is 0.874. The van der Waals surface area contributed by atoms with Gasteiger partial charge in [-0.15, -0.1) is 0 Å². The predicted molar refractivity (Wildman–Crippen MR) is 79.7 cm³/mol. The van der Waals surface area contributed by atoms with E-state index in [1.54, 1.807) is 6.20 Å². The van der Waals surface area contributed by atoms with Crippen molar-refractivity contribution in [2.75, 3.05) is 0 Å². The molecule has 0 unspecified atom stereocenters. The van der Waals surface area contributed by atoms with Gasteiger partial charge < -0.3 is 0 Å². The van der Waals surface area contributed by atoms with E-state index < -0.39 is 0 Å². The monoisotopic (exact) mass is 247 g/mol. The maximum Gasteiger partial charge on any atom is 0.139 e. The van der Waals surface area contributed by atoms with E-state index in [1.807, 2.05) is 35.3 Å². The first-order valence-electron chi connectivity index (χ1n) is 6.28. The van der Waals surface area contributed by atoms with Crippen LogP contribution < -0.4 is 5.46 Å². The summed E-state index contributed by atoms with van der Waals surface area (Å²) in [5, 5.41) is 4.44. The Labute approximate surface area is 113 Å². The van der Waals surface area contributed by atoms with Gasteiger partial charge in [0, 0.05) is 18.0 Å². The molecule has 3 aromatic rings. The van der Waals surface area contributed by atoms with Crippen LogP contribution in [0.25, 0.3) is 16.9 Å². The smallest absolute Gasteiger partial charge is 0.139 e. The van der Waals surface area contributed by atoms with Gasteiger partial charge in [-0.25, -0.2) is 4.68 Å². The Morgan fingerprint density at radius 2 is 2.00 bits per heavy atom. The van der Waals surface area contributed by atoms with Gasteiger partial charge in [0.05, 0.1) is 17.6 Å². The Balaban J connectivity index is 2.05. The van der Waals surface area contributed by atoms with Crippen molar-refractivity contribution in [1.82, 2.24) is 14.8 Å². The number of aromatic nitrogens is 3. The van der Waals surface area contributed by atoms with Crippen LogP contribution in [-0.4, -0.2) is 22.6 Å². The summed E-state index contributed by atoms with van der Waals surface area (Å²) in [4.78, 5) is 4.34. The molecule has 0 aliphatic rings. The van der Waals surface area contributed by atoms with E-state index >= 15 is 0 Å². The van der Waals surface area contributed by atoms with Crippen molar-refractivity contribution < 1.29 is 0 Å². The molecule has 2 aromatic heterocycles. The molecule has 3 nitrogen and oxygen atoms in total. The van der Waals surface area contributed by atoms with Gasteiger partial charge in [0.15, 0.2) is 0 Å². The lowest BCUT2D eigenvalue weighted by Crippen LogP contribution is -2.11. The van der Waals surface area contributed by atoms with E-state index in [-0.39, 0.29) is 0 Å². The third-order valence-electron chi connectivity index (χ3n) is 3.37. The molecule has 0 atom stereocenters. The molecule has 92 valence electrons. The van der Waals surface area contributed by atoms with E-state index in [4.69, 9.17) is 0 Å². The lowest BCUT2D eigenvalue weighted by Gasteiger charge is -2.08. The van der Waals surface area contributed by atoms with Crippen molar-refractivity contribution in [3.8, 4) is 16.9 Å². The second kappa shape index (κ2) is 4.73. The van der Waals surface area contributed by atoms with Crippen LogP contribution in [0.15, 0.2) is 55.0 Å². The summed E-state index contributed by atoms with van der Waals surface area (Å²) in [6.45, 7) is 2.12. The van der Waals surface area contributed by atoms with Gasteiger partial charge >= 0.3 is 0 Å². The molecule has 2 heterocycles. The van der Waals surface area contributed by atoms with Crippen LogP contribution in [0.5, 0.6) is 0 Å². The number of hydrogen-bond donors (Lipinski definition) is 0. The highest BCUT2D eigenvalue weighted by molar-refractivity contribution is 6.33. The third kappa shape index (κ3) is 2.17. The second-order valence-electron chi connectivity index (χ2n) is 4.61. The maximum absolute atomic E-state index is 4.44. The topological polar surface area (TPSA) is 30.7 Å². The molecule has 0 spiro atoms. The molecule has 0 aliphatic heterocycles. The summed E-state index contributed by atoms with van der Waals surface area (Å²) in [6.07, 6.45) is 5.67. The van der Waals surface area contributed by atoms with Crippen LogP contribution in [0.4, 0.5) is 0 Å². The van der Waals surface area contributed by atoms with Crippen LogP contribution in [0, 0.1) is 6.92 Å². The van der Waals surface area contributed by atoms with E-state index in [1.165, 1.54) is 11.0 Å². The van der Waals surface area contributed by atoms with E-state index in [9.17, 15) is 0 Å². The Hall–Kier alpha value is -2.36. The van der Waals surface area contributed by atoms with Crippen LogP contribution in [0.1, 0.15) is 5.56 Å². The zero-order valence-electron chi connectivity index (χ0n) is 11.0. The van der Waals surface area contributed by atoms with Gasteiger partial charge in [-0.3, -0.25) is 4.98 Å². The van der Waals surface area contributed by atoms with Crippen LogP contribution in [0.3, 0.4) is 0 Å². The molecular weight excluding hydrogens is 233 g/mol. The molecular formula is C15H14BN3. The zero-order valence-corrected chi connectivity index (χ0v) is 11.0. The van der Waals surface area contributed by atoms with Gasteiger partial charge in [-0.1, -0.05) is 23.7 Å². The summed E-state index contributed by atoms with van der Waals surface area (Å²) in [5.74, 6) is 0. The summed E-state index contributed by atoms with van der Waals surface area (Å²) in [5.41, 5.74) is 5.60. The molecule has 0 saturated heterocycles. The summed E-state index contributed by atoms with van der Waals surface area (Å²) in [6, 6.07) is 12.1. The first kappa shape index (κ1) is 11.7. The predicted octanol–water partition coefficient (Wildman–Crippen LogP) is 1.50. The number of hydrogen-bond acceptors (Lipinski definition) is 2. The van der Waals surface area contributed by atoms with Gasteiger partial charge in [-0.2, -0.15) is 5.10 Å². The van der Waals surface area contributed by atoms with Crippen molar-refractivity contribution in [2.24, 2.45) is 0 Å².